The van der Waals surface area contributed by atoms with E-state index in [4.69, 9.17) is 9.47 Å². The lowest BCUT2D eigenvalue weighted by molar-refractivity contribution is -0.212. The van der Waals surface area contributed by atoms with Crippen LogP contribution in [0.25, 0.3) is 0 Å². The van der Waals surface area contributed by atoms with E-state index in [0.29, 0.717) is 76.2 Å². The van der Waals surface area contributed by atoms with Crippen molar-refractivity contribution < 1.29 is 34.4 Å². The minimum absolute atomic E-state index is 0.0218. The zero-order chi connectivity index (χ0) is 34.2. The summed E-state index contributed by atoms with van der Waals surface area (Å²) < 4.78 is 12.7. The van der Waals surface area contributed by atoms with Gasteiger partial charge in [-0.15, -0.1) is 0 Å². The van der Waals surface area contributed by atoms with E-state index in [1.807, 2.05) is 26.8 Å². The highest BCUT2D eigenvalue weighted by Crippen LogP contribution is 2.62. The van der Waals surface area contributed by atoms with Crippen molar-refractivity contribution >= 4 is 11.9 Å². The molecule has 0 amide bonds. The quantitative estimate of drug-likeness (QED) is 0.203. The number of esters is 2. The van der Waals surface area contributed by atoms with Crippen LogP contribution in [0.2, 0.25) is 0 Å². The summed E-state index contributed by atoms with van der Waals surface area (Å²) >= 11 is 0. The number of hydrogen-bond donors (Lipinski definition) is 3. The summed E-state index contributed by atoms with van der Waals surface area (Å²) in [7, 11) is 0. The highest BCUT2D eigenvalue weighted by Gasteiger charge is 2.67. The number of aliphatic hydroxyl groups excluding tert-OH is 1. The topological polar surface area (TPSA) is 113 Å². The van der Waals surface area contributed by atoms with Crippen LogP contribution >= 0.6 is 0 Å². The Bertz CT molecular complexity index is 1430. The van der Waals surface area contributed by atoms with Gasteiger partial charge in [0.15, 0.2) is 0 Å². The third-order valence-corrected chi connectivity index (χ3v) is 13.7. The molecule has 6 aliphatic rings. The molecule has 0 aromatic carbocycles. The van der Waals surface area contributed by atoms with Gasteiger partial charge in [-0.25, -0.2) is 4.79 Å². The van der Waals surface area contributed by atoms with Crippen molar-refractivity contribution in [2.45, 2.75) is 160 Å². The first-order valence-corrected chi connectivity index (χ1v) is 18.3. The second-order valence-corrected chi connectivity index (χ2v) is 17.1. The van der Waals surface area contributed by atoms with Crippen molar-refractivity contribution in [2.24, 2.45) is 29.1 Å². The van der Waals surface area contributed by atoms with Crippen molar-refractivity contribution in [1.82, 2.24) is 0 Å². The Kier molecular flexibility index (Phi) is 8.83. The van der Waals surface area contributed by atoms with Gasteiger partial charge in [-0.05, 0) is 130 Å². The fraction of sp³-hybridized carbons (Fsp3) is 0.750. The van der Waals surface area contributed by atoms with Crippen LogP contribution in [-0.4, -0.2) is 55.8 Å². The van der Waals surface area contributed by atoms with Crippen LogP contribution in [0.5, 0.6) is 0 Å². The van der Waals surface area contributed by atoms with E-state index in [9.17, 15) is 20.1 Å². The Balaban J connectivity index is 1.51. The largest absolute Gasteiger partial charge is 0.456 e. The van der Waals surface area contributed by atoms with Crippen LogP contribution in [0, 0.1) is 29.1 Å². The number of rotatable bonds is 1. The average molecular weight is 651 g/mol. The average Bonchev–Trinajstić information content (AvgIpc) is 3.07. The van der Waals surface area contributed by atoms with E-state index < -0.39 is 39.8 Å². The Hall–Kier alpha value is -2.22. The van der Waals surface area contributed by atoms with E-state index in [2.05, 4.69) is 39.8 Å². The lowest BCUT2D eigenvalue weighted by atomic mass is 9.54. The van der Waals surface area contributed by atoms with Crippen molar-refractivity contribution in [3.63, 3.8) is 0 Å². The van der Waals surface area contributed by atoms with Gasteiger partial charge >= 0.3 is 11.9 Å². The van der Waals surface area contributed by atoms with Gasteiger partial charge in [-0.2, -0.15) is 0 Å². The first-order chi connectivity index (χ1) is 22.0. The number of allylic oxidation sites excluding steroid dienone is 6. The highest BCUT2D eigenvalue weighted by atomic mass is 16.6. The molecular formula is C40H58O7. The van der Waals surface area contributed by atoms with Crippen LogP contribution in [0.1, 0.15) is 132 Å². The molecule has 6 rings (SSSR count). The smallest absolute Gasteiger partial charge is 0.334 e. The van der Waals surface area contributed by atoms with E-state index in [1.165, 1.54) is 16.7 Å². The van der Waals surface area contributed by atoms with Gasteiger partial charge in [0.2, 0.25) is 0 Å². The van der Waals surface area contributed by atoms with Crippen LogP contribution in [0.15, 0.2) is 46.1 Å². The van der Waals surface area contributed by atoms with Gasteiger partial charge in [-0.1, -0.05) is 54.4 Å². The van der Waals surface area contributed by atoms with Crippen LogP contribution < -0.4 is 0 Å². The monoisotopic (exact) mass is 650 g/mol. The van der Waals surface area contributed by atoms with Crippen molar-refractivity contribution in [2.75, 3.05) is 0 Å². The van der Waals surface area contributed by atoms with Crippen molar-refractivity contribution in [1.29, 1.82) is 0 Å². The highest BCUT2D eigenvalue weighted by molar-refractivity contribution is 5.89. The maximum absolute atomic E-state index is 15.2. The van der Waals surface area contributed by atoms with Gasteiger partial charge < -0.3 is 24.8 Å². The first kappa shape index (κ1) is 34.6. The van der Waals surface area contributed by atoms with Gasteiger partial charge in [0.25, 0.3) is 0 Å². The molecular weight excluding hydrogens is 592 g/mol. The van der Waals surface area contributed by atoms with Crippen molar-refractivity contribution in [3.05, 3.63) is 46.1 Å². The van der Waals surface area contributed by atoms with Gasteiger partial charge in [-0.3, -0.25) is 4.79 Å². The number of ether oxygens (including phenoxy) is 2. The molecule has 9 atom stereocenters. The summed E-state index contributed by atoms with van der Waals surface area (Å²) in [5, 5.41) is 35.6. The minimum atomic E-state index is -1.39. The van der Waals surface area contributed by atoms with E-state index in [1.54, 1.807) is 0 Å². The van der Waals surface area contributed by atoms with Crippen LogP contribution in [-0.2, 0) is 19.1 Å². The van der Waals surface area contributed by atoms with Gasteiger partial charge in [0.05, 0.1) is 17.1 Å². The molecule has 3 N–H and O–H groups in total. The molecule has 0 aromatic rings. The molecule has 4 aliphatic heterocycles. The normalized spacial score (nSPS) is 44.6. The molecule has 0 radical (unpaired) electrons. The molecule has 260 valence electrons. The summed E-state index contributed by atoms with van der Waals surface area (Å²) in [5.74, 6) is -1.15. The molecule has 4 heterocycles. The Morgan fingerprint density at radius 3 is 2.34 bits per heavy atom. The van der Waals surface area contributed by atoms with E-state index >= 15 is 4.79 Å². The minimum Gasteiger partial charge on any atom is -0.456 e. The van der Waals surface area contributed by atoms with Crippen LogP contribution in [0.4, 0.5) is 0 Å². The van der Waals surface area contributed by atoms with Crippen molar-refractivity contribution in [3.8, 4) is 0 Å². The molecule has 1 saturated heterocycles. The van der Waals surface area contributed by atoms with Crippen LogP contribution in [0.3, 0.4) is 0 Å². The van der Waals surface area contributed by atoms with Gasteiger partial charge in [0, 0.05) is 17.4 Å². The van der Waals surface area contributed by atoms with Gasteiger partial charge in [0.1, 0.15) is 16.8 Å². The molecule has 2 aliphatic carbocycles. The number of hydrogen-bond acceptors (Lipinski definition) is 7. The Labute approximate surface area is 281 Å². The second kappa shape index (κ2) is 12.0. The first-order valence-electron chi connectivity index (χ1n) is 18.3. The summed E-state index contributed by atoms with van der Waals surface area (Å²) in [4.78, 5) is 28.6. The summed E-state index contributed by atoms with van der Waals surface area (Å²) in [5.41, 5.74) is -0.0397. The fourth-order valence-corrected chi connectivity index (χ4v) is 10.4. The maximum Gasteiger partial charge on any atom is 0.334 e. The SMILES string of the molecule is CC1=CC2C(=C(C)CC3CCC4(C)OC(=O)C32CCC(C(C)C)=CC2C(C)(O)CCC24O)CCC2=CCCC(C)(OC2=O)C(O)CC1. The predicted molar refractivity (Wildman–Crippen MR) is 181 cm³/mol. The molecule has 2 fully saturated rings. The maximum atomic E-state index is 15.2. The standard InChI is InChI=1S/C40H58O7/c1-24(2)28-14-18-39-29(15-17-38(7,47-35(39)43)40(45)20-19-36(5,44)32(40)23-28)22-26(4)30-12-11-27-9-8-16-37(6,46-34(27)42)33(41)13-10-25(3)21-31(30)39/h9,21,23-24,29,31-33,41,44-45H,8,10-20,22H2,1-7H3. The number of carbonyl (C=O) groups excluding carboxylic acids is 2. The second-order valence-electron chi connectivity index (χ2n) is 17.1. The molecule has 47 heavy (non-hydrogen) atoms. The predicted octanol–water partition coefficient (Wildman–Crippen LogP) is 7.19. The molecule has 1 spiro atoms. The zero-order valence-electron chi connectivity index (χ0n) is 29.8. The number of carbonyl (C=O) groups is 2. The molecule has 7 nitrogen and oxygen atoms in total. The Morgan fingerprint density at radius 2 is 1.62 bits per heavy atom. The molecule has 7 heteroatoms. The molecule has 4 bridgehead atoms. The summed E-state index contributed by atoms with van der Waals surface area (Å²) in [6.07, 6.45) is 13.2. The third-order valence-electron chi connectivity index (χ3n) is 13.7. The lowest BCUT2D eigenvalue weighted by Gasteiger charge is -2.50. The third kappa shape index (κ3) is 5.60. The zero-order valence-corrected chi connectivity index (χ0v) is 29.8. The number of fused-ring (bicyclic) bond motifs is 8. The Morgan fingerprint density at radius 1 is 0.872 bits per heavy atom. The molecule has 1 saturated carbocycles. The summed E-state index contributed by atoms with van der Waals surface area (Å²) in [6.45, 7) is 14.2. The molecule has 0 aromatic heterocycles. The lowest BCUT2D eigenvalue weighted by Crippen LogP contribution is -2.60. The van der Waals surface area contributed by atoms with E-state index in [-0.39, 0.29) is 29.7 Å². The fourth-order valence-electron chi connectivity index (χ4n) is 10.4. The molecule has 9 unspecified atom stereocenters. The van der Waals surface area contributed by atoms with E-state index in [0.717, 1.165) is 18.4 Å². The number of aliphatic hydroxyl groups is 3. The summed E-state index contributed by atoms with van der Waals surface area (Å²) in [6, 6.07) is 0.